The van der Waals surface area contributed by atoms with Crippen molar-refractivity contribution in [2.24, 2.45) is 0 Å². The van der Waals surface area contributed by atoms with Crippen LogP contribution in [0.5, 0.6) is 0 Å². The topological polar surface area (TPSA) is 32.7 Å². The standard InChI is InChI=1S/C13H19NO2/c1-2-13(15)11-5-3-4-6-12(11)14-7-9-16-10-8-14/h3-6,13,15H,2,7-10H2,1H3/t13-/m0/s1. The summed E-state index contributed by atoms with van der Waals surface area (Å²) in [6.45, 7) is 5.37. The quantitative estimate of drug-likeness (QED) is 0.847. The van der Waals surface area contributed by atoms with Gasteiger partial charge in [0.05, 0.1) is 19.3 Å². The summed E-state index contributed by atoms with van der Waals surface area (Å²) in [5.74, 6) is 0. The molecule has 1 saturated heterocycles. The zero-order valence-electron chi connectivity index (χ0n) is 9.72. The van der Waals surface area contributed by atoms with Crippen LogP contribution in [0.1, 0.15) is 25.0 Å². The van der Waals surface area contributed by atoms with E-state index in [9.17, 15) is 5.11 Å². The Morgan fingerprint density at radius 2 is 2.00 bits per heavy atom. The van der Waals surface area contributed by atoms with E-state index in [0.29, 0.717) is 0 Å². The Labute approximate surface area is 96.6 Å². The number of anilines is 1. The molecule has 0 saturated carbocycles. The lowest BCUT2D eigenvalue weighted by Crippen LogP contribution is -2.36. The maximum absolute atomic E-state index is 9.98. The first kappa shape index (κ1) is 11.4. The van der Waals surface area contributed by atoms with Crippen LogP contribution < -0.4 is 4.90 Å². The normalized spacial score (nSPS) is 18.5. The lowest BCUT2D eigenvalue weighted by molar-refractivity contribution is 0.122. The fraction of sp³-hybridized carbons (Fsp3) is 0.538. The molecule has 3 heteroatoms. The Balaban J connectivity index is 2.24. The highest BCUT2D eigenvalue weighted by Crippen LogP contribution is 2.28. The van der Waals surface area contributed by atoms with Crippen molar-refractivity contribution in [3.63, 3.8) is 0 Å². The summed E-state index contributed by atoms with van der Waals surface area (Å²) in [7, 11) is 0. The Morgan fingerprint density at radius 1 is 1.31 bits per heavy atom. The summed E-state index contributed by atoms with van der Waals surface area (Å²) in [4.78, 5) is 2.29. The van der Waals surface area contributed by atoms with Crippen LogP contribution in [0.3, 0.4) is 0 Å². The van der Waals surface area contributed by atoms with Crippen molar-refractivity contribution >= 4 is 5.69 Å². The minimum Gasteiger partial charge on any atom is -0.388 e. The van der Waals surface area contributed by atoms with Crippen molar-refractivity contribution in [2.45, 2.75) is 19.4 Å². The van der Waals surface area contributed by atoms with E-state index in [1.165, 1.54) is 0 Å². The van der Waals surface area contributed by atoms with Crippen LogP contribution in [-0.2, 0) is 4.74 Å². The lowest BCUT2D eigenvalue weighted by atomic mass is 10.0. The highest BCUT2D eigenvalue weighted by molar-refractivity contribution is 5.54. The van der Waals surface area contributed by atoms with Gasteiger partial charge in [-0.2, -0.15) is 0 Å². The summed E-state index contributed by atoms with van der Waals surface area (Å²) in [6, 6.07) is 8.10. The smallest absolute Gasteiger partial charge is 0.0807 e. The Hall–Kier alpha value is -1.06. The molecule has 1 aliphatic heterocycles. The van der Waals surface area contributed by atoms with Gasteiger partial charge in [-0.15, -0.1) is 0 Å². The van der Waals surface area contributed by atoms with Crippen molar-refractivity contribution < 1.29 is 9.84 Å². The van der Waals surface area contributed by atoms with Gasteiger partial charge in [0.2, 0.25) is 0 Å². The number of morpholine rings is 1. The second-order valence-electron chi connectivity index (χ2n) is 4.08. The first-order valence-corrected chi connectivity index (χ1v) is 5.92. The van der Waals surface area contributed by atoms with Crippen molar-refractivity contribution in [3.8, 4) is 0 Å². The molecule has 1 aliphatic rings. The van der Waals surface area contributed by atoms with Crippen molar-refractivity contribution in [1.82, 2.24) is 0 Å². The van der Waals surface area contributed by atoms with E-state index in [2.05, 4.69) is 11.0 Å². The highest BCUT2D eigenvalue weighted by Gasteiger charge is 2.17. The molecule has 88 valence electrons. The van der Waals surface area contributed by atoms with Crippen LogP contribution in [0.15, 0.2) is 24.3 Å². The van der Waals surface area contributed by atoms with Gasteiger partial charge in [-0.05, 0) is 12.5 Å². The minimum absolute atomic E-state index is 0.362. The summed E-state index contributed by atoms with van der Waals surface area (Å²) in [5.41, 5.74) is 2.19. The largest absolute Gasteiger partial charge is 0.388 e. The number of hydrogen-bond donors (Lipinski definition) is 1. The van der Waals surface area contributed by atoms with Gasteiger partial charge in [-0.1, -0.05) is 25.1 Å². The zero-order valence-corrected chi connectivity index (χ0v) is 9.72. The van der Waals surface area contributed by atoms with Gasteiger partial charge in [0.15, 0.2) is 0 Å². The lowest BCUT2D eigenvalue weighted by Gasteiger charge is -2.31. The molecule has 0 spiro atoms. The van der Waals surface area contributed by atoms with Crippen molar-refractivity contribution in [2.75, 3.05) is 31.2 Å². The average Bonchev–Trinajstić information content (AvgIpc) is 2.39. The van der Waals surface area contributed by atoms with Crippen LogP contribution in [0, 0.1) is 0 Å². The monoisotopic (exact) mass is 221 g/mol. The van der Waals surface area contributed by atoms with E-state index in [0.717, 1.165) is 44.0 Å². The number of hydrogen-bond acceptors (Lipinski definition) is 3. The van der Waals surface area contributed by atoms with E-state index in [1.54, 1.807) is 0 Å². The van der Waals surface area contributed by atoms with Crippen LogP contribution in [0.2, 0.25) is 0 Å². The maximum Gasteiger partial charge on any atom is 0.0807 e. The van der Waals surface area contributed by atoms with E-state index in [-0.39, 0.29) is 6.10 Å². The third-order valence-electron chi connectivity index (χ3n) is 3.03. The van der Waals surface area contributed by atoms with E-state index >= 15 is 0 Å². The van der Waals surface area contributed by atoms with E-state index in [4.69, 9.17) is 4.74 Å². The molecule has 1 atom stereocenters. The molecule has 0 amide bonds. The zero-order chi connectivity index (χ0) is 11.4. The Bertz CT molecular complexity index is 334. The van der Waals surface area contributed by atoms with E-state index < -0.39 is 0 Å². The van der Waals surface area contributed by atoms with Gasteiger partial charge in [-0.3, -0.25) is 0 Å². The molecule has 1 fully saturated rings. The average molecular weight is 221 g/mol. The molecule has 0 radical (unpaired) electrons. The SMILES string of the molecule is CC[C@H](O)c1ccccc1N1CCOCC1. The summed E-state index contributed by atoms with van der Waals surface area (Å²) in [6.07, 6.45) is 0.389. The summed E-state index contributed by atoms with van der Waals surface area (Å²) >= 11 is 0. The molecule has 1 heterocycles. The Morgan fingerprint density at radius 3 is 2.69 bits per heavy atom. The fourth-order valence-electron chi connectivity index (χ4n) is 2.08. The predicted molar refractivity (Wildman–Crippen MR) is 64.7 cm³/mol. The first-order chi connectivity index (χ1) is 7.83. The molecule has 1 N–H and O–H groups in total. The van der Waals surface area contributed by atoms with Gasteiger partial charge >= 0.3 is 0 Å². The van der Waals surface area contributed by atoms with Crippen molar-refractivity contribution in [3.05, 3.63) is 29.8 Å². The number of ether oxygens (including phenoxy) is 1. The molecule has 0 bridgehead atoms. The van der Waals surface area contributed by atoms with Crippen LogP contribution in [0.4, 0.5) is 5.69 Å². The van der Waals surface area contributed by atoms with Crippen LogP contribution in [-0.4, -0.2) is 31.4 Å². The fourth-order valence-corrected chi connectivity index (χ4v) is 2.08. The molecule has 2 rings (SSSR count). The first-order valence-electron chi connectivity index (χ1n) is 5.92. The number of benzene rings is 1. The molecule has 0 aromatic heterocycles. The minimum atomic E-state index is -0.362. The second kappa shape index (κ2) is 5.32. The number of aliphatic hydroxyl groups excluding tert-OH is 1. The van der Waals surface area contributed by atoms with Gasteiger partial charge in [0.25, 0.3) is 0 Å². The molecule has 1 aromatic rings. The summed E-state index contributed by atoms with van der Waals surface area (Å²) < 4.78 is 5.34. The third-order valence-corrected chi connectivity index (χ3v) is 3.03. The van der Waals surface area contributed by atoms with Gasteiger partial charge < -0.3 is 14.7 Å². The van der Waals surface area contributed by atoms with E-state index in [1.807, 2.05) is 25.1 Å². The molecular weight excluding hydrogens is 202 g/mol. The van der Waals surface area contributed by atoms with Gasteiger partial charge in [0, 0.05) is 24.3 Å². The molecular formula is C13H19NO2. The highest BCUT2D eigenvalue weighted by atomic mass is 16.5. The molecule has 0 aliphatic carbocycles. The summed E-state index contributed by atoms with van der Waals surface area (Å²) in [5, 5.41) is 9.98. The number of rotatable bonds is 3. The van der Waals surface area contributed by atoms with Gasteiger partial charge in [0.1, 0.15) is 0 Å². The van der Waals surface area contributed by atoms with Crippen LogP contribution >= 0.6 is 0 Å². The number of aliphatic hydroxyl groups is 1. The van der Waals surface area contributed by atoms with Gasteiger partial charge in [-0.25, -0.2) is 0 Å². The molecule has 16 heavy (non-hydrogen) atoms. The molecule has 3 nitrogen and oxygen atoms in total. The second-order valence-corrected chi connectivity index (χ2v) is 4.08. The Kier molecular flexibility index (Phi) is 3.80. The number of nitrogens with zero attached hydrogens (tertiary/aromatic N) is 1. The number of para-hydroxylation sites is 1. The maximum atomic E-state index is 9.98. The predicted octanol–water partition coefficient (Wildman–Crippen LogP) is 1.97. The van der Waals surface area contributed by atoms with Crippen molar-refractivity contribution in [1.29, 1.82) is 0 Å². The van der Waals surface area contributed by atoms with Crippen LogP contribution in [0.25, 0.3) is 0 Å². The molecule has 1 aromatic carbocycles. The third kappa shape index (κ3) is 2.36. The molecule has 0 unspecified atom stereocenters.